The zero-order valence-electron chi connectivity index (χ0n) is 14.1. The highest BCUT2D eigenvalue weighted by Gasteiger charge is 2.21. The molecule has 1 aliphatic rings. The van der Waals surface area contributed by atoms with E-state index >= 15 is 0 Å². The maximum Gasteiger partial charge on any atom is 0.0678 e. The van der Waals surface area contributed by atoms with Gasteiger partial charge in [-0.15, -0.1) is 0 Å². The SMILES string of the molecule is CC1CN(CCCc2ccn(-c3ccc(Cl)c(Cl)c3)n2)CC(C)O1. The fraction of sp³-hybridized carbons (Fsp3) is 0.500. The Morgan fingerprint density at radius 2 is 1.88 bits per heavy atom. The molecule has 1 aromatic heterocycles. The summed E-state index contributed by atoms with van der Waals surface area (Å²) in [6.45, 7) is 7.39. The smallest absolute Gasteiger partial charge is 0.0678 e. The fourth-order valence-electron chi connectivity index (χ4n) is 3.22. The quantitative estimate of drug-likeness (QED) is 0.792. The van der Waals surface area contributed by atoms with Gasteiger partial charge in [-0.25, -0.2) is 4.68 Å². The minimum Gasteiger partial charge on any atom is -0.373 e. The Hall–Kier alpha value is -1.07. The van der Waals surface area contributed by atoms with Crippen LogP contribution in [-0.2, 0) is 11.2 Å². The molecule has 2 aromatic rings. The fourth-order valence-corrected chi connectivity index (χ4v) is 3.51. The van der Waals surface area contributed by atoms with Gasteiger partial charge in [0.25, 0.3) is 0 Å². The van der Waals surface area contributed by atoms with Gasteiger partial charge >= 0.3 is 0 Å². The van der Waals surface area contributed by atoms with Gasteiger partial charge in [0.15, 0.2) is 0 Å². The van der Waals surface area contributed by atoms with Crippen LogP contribution in [0.3, 0.4) is 0 Å². The van der Waals surface area contributed by atoms with Gasteiger partial charge in [-0.05, 0) is 57.5 Å². The van der Waals surface area contributed by atoms with Crippen LogP contribution in [0.15, 0.2) is 30.5 Å². The second kappa shape index (κ2) is 7.87. The van der Waals surface area contributed by atoms with Crippen molar-refractivity contribution >= 4 is 23.2 Å². The molecule has 0 N–H and O–H groups in total. The third-order valence-corrected chi connectivity index (χ3v) is 4.95. The minimum atomic E-state index is 0.322. The highest BCUT2D eigenvalue weighted by molar-refractivity contribution is 6.42. The van der Waals surface area contributed by atoms with Gasteiger partial charge in [-0.3, -0.25) is 4.90 Å². The van der Waals surface area contributed by atoms with Crippen molar-refractivity contribution in [1.82, 2.24) is 14.7 Å². The van der Waals surface area contributed by atoms with E-state index in [1.54, 1.807) is 6.07 Å². The Morgan fingerprint density at radius 1 is 1.12 bits per heavy atom. The van der Waals surface area contributed by atoms with Crippen LogP contribution in [0.2, 0.25) is 10.0 Å². The molecule has 0 aliphatic carbocycles. The summed E-state index contributed by atoms with van der Waals surface area (Å²) in [5, 5.41) is 5.74. The summed E-state index contributed by atoms with van der Waals surface area (Å²) in [6.07, 6.45) is 4.67. The van der Waals surface area contributed by atoms with Crippen molar-refractivity contribution in [2.45, 2.75) is 38.9 Å². The van der Waals surface area contributed by atoms with Crippen LogP contribution in [0.1, 0.15) is 26.0 Å². The molecule has 1 fully saturated rings. The van der Waals surface area contributed by atoms with Gasteiger partial charge in [0.2, 0.25) is 0 Å². The third-order valence-electron chi connectivity index (χ3n) is 4.21. The van der Waals surface area contributed by atoms with Gasteiger partial charge < -0.3 is 4.74 Å². The average molecular weight is 368 g/mol. The summed E-state index contributed by atoms with van der Waals surface area (Å²) < 4.78 is 7.62. The zero-order chi connectivity index (χ0) is 17.1. The summed E-state index contributed by atoms with van der Waals surface area (Å²) in [5.41, 5.74) is 2.02. The molecular formula is C18H23Cl2N3O. The van der Waals surface area contributed by atoms with Crippen molar-refractivity contribution in [3.8, 4) is 5.69 Å². The number of benzene rings is 1. The molecule has 24 heavy (non-hydrogen) atoms. The molecule has 1 aromatic carbocycles. The Balaban J connectivity index is 1.53. The van der Waals surface area contributed by atoms with Crippen LogP contribution >= 0.6 is 23.2 Å². The minimum absolute atomic E-state index is 0.322. The standard InChI is InChI=1S/C18H23Cl2N3O/c1-13-11-22(12-14(2)24-13)8-3-4-15-7-9-23(21-15)16-5-6-17(19)18(20)10-16/h5-7,9-10,13-14H,3-4,8,11-12H2,1-2H3. The largest absolute Gasteiger partial charge is 0.373 e. The molecule has 0 amide bonds. The molecule has 0 bridgehead atoms. The van der Waals surface area contributed by atoms with Gasteiger partial charge in [-0.1, -0.05) is 23.2 Å². The maximum absolute atomic E-state index is 6.07. The Morgan fingerprint density at radius 3 is 2.58 bits per heavy atom. The number of morpholine rings is 1. The normalized spacial score (nSPS) is 22.0. The lowest BCUT2D eigenvalue weighted by Crippen LogP contribution is -2.45. The first-order valence-electron chi connectivity index (χ1n) is 8.39. The second-order valence-corrected chi connectivity index (χ2v) is 7.28. The molecule has 0 saturated carbocycles. The van der Waals surface area contributed by atoms with Crippen molar-refractivity contribution in [1.29, 1.82) is 0 Å². The number of rotatable bonds is 5. The van der Waals surface area contributed by atoms with E-state index in [0.29, 0.717) is 22.3 Å². The molecular weight excluding hydrogens is 345 g/mol. The molecule has 2 atom stereocenters. The lowest BCUT2D eigenvalue weighted by atomic mass is 10.2. The van der Waals surface area contributed by atoms with Gasteiger partial charge in [0.05, 0.1) is 33.6 Å². The van der Waals surface area contributed by atoms with E-state index in [-0.39, 0.29) is 0 Å². The molecule has 1 aliphatic heterocycles. The number of ether oxygens (including phenoxy) is 1. The van der Waals surface area contributed by atoms with Crippen LogP contribution in [0, 0.1) is 0 Å². The summed E-state index contributed by atoms with van der Waals surface area (Å²) in [6, 6.07) is 7.60. The number of aryl methyl sites for hydroxylation is 1. The summed E-state index contributed by atoms with van der Waals surface area (Å²) >= 11 is 12.0. The van der Waals surface area contributed by atoms with E-state index in [1.807, 2.05) is 23.0 Å². The van der Waals surface area contributed by atoms with Crippen LogP contribution in [0.4, 0.5) is 0 Å². The first-order chi connectivity index (χ1) is 11.5. The van der Waals surface area contributed by atoms with E-state index in [2.05, 4.69) is 29.9 Å². The highest BCUT2D eigenvalue weighted by atomic mass is 35.5. The number of hydrogen-bond acceptors (Lipinski definition) is 3. The molecule has 0 radical (unpaired) electrons. The van der Waals surface area contributed by atoms with Crippen molar-refractivity contribution in [3.63, 3.8) is 0 Å². The van der Waals surface area contributed by atoms with Gasteiger partial charge in [-0.2, -0.15) is 5.10 Å². The van der Waals surface area contributed by atoms with E-state index in [4.69, 9.17) is 27.9 Å². The maximum atomic E-state index is 6.07. The molecule has 2 heterocycles. The summed E-state index contributed by atoms with van der Waals surface area (Å²) in [4.78, 5) is 2.48. The van der Waals surface area contributed by atoms with E-state index in [1.165, 1.54) is 0 Å². The van der Waals surface area contributed by atoms with Crippen molar-refractivity contribution < 1.29 is 4.74 Å². The van der Waals surface area contributed by atoms with Crippen LogP contribution in [0.25, 0.3) is 5.69 Å². The van der Waals surface area contributed by atoms with E-state index < -0.39 is 0 Å². The predicted molar refractivity (Wildman–Crippen MR) is 98.4 cm³/mol. The van der Waals surface area contributed by atoms with Crippen molar-refractivity contribution in [3.05, 3.63) is 46.2 Å². The van der Waals surface area contributed by atoms with Gasteiger partial charge in [0, 0.05) is 19.3 Å². The van der Waals surface area contributed by atoms with Crippen LogP contribution in [-0.4, -0.2) is 46.5 Å². The second-order valence-electron chi connectivity index (χ2n) is 6.47. The number of halogens is 2. The first kappa shape index (κ1) is 17.7. The molecule has 3 rings (SSSR count). The van der Waals surface area contributed by atoms with Crippen LogP contribution in [0.5, 0.6) is 0 Å². The van der Waals surface area contributed by atoms with E-state index in [9.17, 15) is 0 Å². The summed E-state index contributed by atoms with van der Waals surface area (Å²) in [7, 11) is 0. The topological polar surface area (TPSA) is 30.3 Å². The third kappa shape index (κ3) is 4.51. The van der Waals surface area contributed by atoms with E-state index in [0.717, 1.165) is 43.9 Å². The molecule has 1 saturated heterocycles. The average Bonchev–Trinajstić information content (AvgIpc) is 2.98. The molecule has 6 heteroatoms. The predicted octanol–water partition coefficient (Wildman–Crippen LogP) is 4.22. The Kier molecular flexibility index (Phi) is 5.82. The zero-order valence-corrected chi connectivity index (χ0v) is 15.6. The van der Waals surface area contributed by atoms with Crippen molar-refractivity contribution in [2.75, 3.05) is 19.6 Å². The number of hydrogen-bond donors (Lipinski definition) is 0. The van der Waals surface area contributed by atoms with Gasteiger partial charge in [0.1, 0.15) is 0 Å². The Bertz CT molecular complexity index is 679. The lowest BCUT2D eigenvalue weighted by molar-refractivity contribution is -0.0680. The molecule has 4 nitrogen and oxygen atoms in total. The Labute approximate surface area is 153 Å². The highest BCUT2D eigenvalue weighted by Crippen LogP contribution is 2.24. The lowest BCUT2D eigenvalue weighted by Gasteiger charge is -2.35. The van der Waals surface area contributed by atoms with Crippen LogP contribution < -0.4 is 0 Å². The summed E-state index contributed by atoms with van der Waals surface area (Å²) in [5.74, 6) is 0. The molecule has 130 valence electrons. The first-order valence-corrected chi connectivity index (χ1v) is 9.14. The number of nitrogens with zero attached hydrogens (tertiary/aromatic N) is 3. The monoisotopic (exact) mass is 367 g/mol. The van der Waals surface area contributed by atoms with Crippen molar-refractivity contribution in [2.24, 2.45) is 0 Å². The molecule has 2 unspecified atom stereocenters. The molecule has 0 spiro atoms. The number of aromatic nitrogens is 2.